The molecule has 5 aliphatic carbocycles. The molecule has 123 heavy (non-hydrogen) atoms. The number of nitrogens with one attached hydrogen (secondary N) is 2. The van der Waals surface area contributed by atoms with Crippen LogP contribution in [0.4, 0.5) is 5.82 Å². The zero-order valence-electron chi connectivity index (χ0n) is 75.2. The van der Waals surface area contributed by atoms with Crippen LogP contribution in [-0.4, -0.2) is 313 Å². The third kappa shape index (κ3) is 29.7. The molecule has 1 amide bonds. The molecule has 7 heterocycles. The second-order valence-electron chi connectivity index (χ2n) is 33.3. The van der Waals surface area contributed by atoms with Crippen LogP contribution in [0.1, 0.15) is 222 Å². The lowest BCUT2D eigenvalue weighted by molar-refractivity contribution is -0.130. The third-order valence-corrected chi connectivity index (χ3v) is 30.5. The maximum Gasteiger partial charge on any atom is 0.351 e. The number of methoxy groups -OCH3 is 5. The number of anilines is 1. The van der Waals surface area contributed by atoms with Crippen LogP contribution in [0.5, 0.6) is 0 Å². The van der Waals surface area contributed by atoms with E-state index in [9.17, 15) is 39.6 Å². The number of aliphatic hydroxyl groups excluding tert-OH is 4. The van der Waals surface area contributed by atoms with Gasteiger partial charge in [0, 0.05) is 109 Å². The van der Waals surface area contributed by atoms with Gasteiger partial charge in [-0.25, -0.2) is 16.2 Å². The summed E-state index contributed by atoms with van der Waals surface area (Å²) >= 11 is 6.44. The fraction of sp³-hybridized carbons (Fsp3) is 0.869. The first-order valence-corrected chi connectivity index (χ1v) is 48.7. The molecule has 10 fully saturated rings. The molecule has 32 atom stereocenters. The van der Waals surface area contributed by atoms with Gasteiger partial charge in [0.25, 0.3) is 5.56 Å². The highest BCUT2D eigenvalue weighted by molar-refractivity contribution is 7.91. The highest BCUT2D eigenvalue weighted by Crippen LogP contribution is 2.60. The Bertz CT molecular complexity index is 3740. The number of H-pyrrole nitrogens is 1. The molecule has 0 bridgehead atoms. The topological polar surface area (TPSA) is 397 Å². The zero-order valence-corrected chi connectivity index (χ0v) is 77.8. The van der Waals surface area contributed by atoms with Gasteiger partial charge in [0.2, 0.25) is 12.5 Å². The van der Waals surface area contributed by atoms with E-state index in [1.165, 1.54) is 34.5 Å². The molecule has 10 aliphatic rings. The van der Waals surface area contributed by atoms with Crippen molar-refractivity contribution < 1.29 is 105 Å². The van der Waals surface area contributed by atoms with Crippen molar-refractivity contribution in [2.75, 3.05) is 66.8 Å². The standard InChI is InChI=1S/C18H27N3O6.C17H26N2O6.C16H27BNO5P.2C12H21BO4.C9H18ClN2P/c1-4-11-15(23)16(26-13-7-5-6-12(13)25-3)17(27-11)21-9-8-14(19-10(2)22)20-18(21)24;1-4-10-13(20)14(24-12-7-5-6-11(12)23-3)16(25-10)19-8-9(2)15(21)18-17(19)22;1-5-11-14(23-24(4)20-10-9-18-2)15(16(17)22-11)21-13-8-6-7-12(13)19-3;2*1-3-7-10(14)11(12(13)17-7)16-9-6-4-5-8(9)15-2;1-8(2)12-13(10,9(3)4)7-5-6-11/h8-9,11-13,15-17,23H,4-7H2,1-3H3,(H,19,20,22,24);8,10-14,16,20H,4-7H2,1-3H3,(H,18,21,22);11-16H,5-10H2,1,3-4H3;2*7-12,14H,3-6H2,1-2H3;8-9H,5,7H2,1-4H3/t11?,12?,13-,15?,16?,17?;10?,11?,12-,13?,14?,16?;11?,12?,13-,14?,15?,16?,24?;2*7?,8?,9-,10?,11?,12?;/m00000./s1. The van der Waals surface area contributed by atoms with Gasteiger partial charge in [0.05, 0.1) is 104 Å². The second kappa shape index (κ2) is 53.0. The van der Waals surface area contributed by atoms with Gasteiger partial charge in [-0.05, 0) is 155 Å². The molecular formula is C84H140B3ClN8O25P2. The Kier molecular flexibility index (Phi) is 45.8. The Labute approximate surface area is 737 Å². The maximum atomic E-state index is 12.5. The number of carbonyl (C=O) groups is 1. The van der Waals surface area contributed by atoms with Gasteiger partial charge in [-0.15, -0.1) is 0 Å². The predicted octanol–water partition coefficient (Wildman–Crippen LogP) is 9.07. The van der Waals surface area contributed by atoms with Crippen molar-refractivity contribution in [3.8, 4) is 6.07 Å². The molecule has 5 aliphatic heterocycles. The van der Waals surface area contributed by atoms with E-state index in [4.69, 9.17) is 127 Å². The minimum atomic E-state index is -1.74. The van der Waals surface area contributed by atoms with Crippen LogP contribution >= 0.6 is 26.0 Å². The van der Waals surface area contributed by atoms with Crippen LogP contribution in [-0.2, 0) is 84.9 Å². The molecule has 39 heteroatoms. The molecule has 2 aromatic rings. The molecule has 27 unspecified atom stereocenters. The van der Waals surface area contributed by atoms with Crippen LogP contribution < -0.4 is 22.3 Å². The summed E-state index contributed by atoms with van der Waals surface area (Å²) < 4.78 is 105. The van der Waals surface area contributed by atoms with Gasteiger partial charge in [-0.2, -0.15) is 10.2 Å². The molecular weight excluding hydrogens is 1650 g/mol. The number of amides is 1. The fourth-order valence-corrected chi connectivity index (χ4v) is 21.3. The summed E-state index contributed by atoms with van der Waals surface area (Å²) in [6, 6.07) is 2.34. The number of nitriles is 1. The van der Waals surface area contributed by atoms with E-state index >= 15 is 0 Å². The number of halogens is 1. The molecule has 0 aromatic carbocycles. The number of aliphatic hydroxyl groups is 4. The minimum Gasteiger partial charge on any atom is -0.388 e. The van der Waals surface area contributed by atoms with Gasteiger partial charge in [-0.1, -0.05) is 59.7 Å². The first kappa shape index (κ1) is 106. The summed E-state index contributed by atoms with van der Waals surface area (Å²) in [5.74, 6) is -0.145. The van der Waals surface area contributed by atoms with Gasteiger partial charge in [0.1, 0.15) is 97.0 Å². The maximum absolute atomic E-state index is 12.5. The van der Waals surface area contributed by atoms with Crippen molar-refractivity contribution >= 4 is 61.3 Å². The van der Waals surface area contributed by atoms with Gasteiger partial charge in [0.15, 0.2) is 20.8 Å². The van der Waals surface area contributed by atoms with Gasteiger partial charge >= 0.3 is 11.4 Å². The molecule has 5 saturated heterocycles. The Morgan fingerprint density at radius 2 is 0.984 bits per heavy atom. The Morgan fingerprint density at radius 3 is 1.34 bits per heavy atom. The van der Waals surface area contributed by atoms with E-state index in [0.717, 1.165) is 122 Å². The van der Waals surface area contributed by atoms with Crippen LogP contribution in [0.15, 0.2) is 37.6 Å². The second-order valence-corrected chi connectivity index (χ2v) is 39.6. The number of rotatable bonds is 32. The van der Waals surface area contributed by atoms with E-state index < -0.39 is 123 Å². The number of aryl methyl sites for hydroxylation is 1. The molecule has 6 radical (unpaired) electrons. The molecule has 12 rings (SSSR count). The van der Waals surface area contributed by atoms with E-state index in [1.807, 2.05) is 55.1 Å². The average Bonchev–Trinajstić information content (AvgIpc) is 1.64. The van der Waals surface area contributed by atoms with E-state index in [-0.39, 0.29) is 109 Å². The smallest absolute Gasteiger partial charge is 0.351 e. The number of ether oxygens (including phenoxy) is 15. The SMILES string of the molecule is CC(C)N=P(Cl)(CCC#N)C(C)C.CCC1OC(n2cc(C)c(=O)[nH]c2=O)C(O[C@H]2CCCC2OC)C1O.CCC1OC(n2ccc(NC(C)=O)nc2=O)C(O[C@H]2CCCC2OC)C1O.[B]C1OC(CC)C(O)C1O[C@H]1CCCC1OC.[B]C1OC(CC)C(O)C1O[C@H]1CCCC1OC.[B]C1OC(CC)C(OP(C)OCC[N+]#[C-])C1O[C@H]1CCCC1OC. The summed E-state index contributed by atoms with van der Waals surface area (Å²) in [4.78, 5) is 56.9. The van der Waals surface area contributed by atoms with Crippen molar-refractivity contribution in [1.82, 2.24) is 19.1 Å². The molecule has 2 aromatic heterocycles. The lowest BCUT2D eigenvalue weighted by Gasteiger charge is -2.30. The summed E-state index contributed by atoms with van der Waals surface area (Å²) in [7, 11) is 25.2. The van der Waals surface area contributed by atoms with Crippen LogP contribution in [0.2, 0.25) is 0 Å². The van der Waals surface area contributed by atoms with Crippen LogP contribution in [0.25, 0.3) is 4.85 Å². The monoisotopic (exact) mass is 1790 g/mol. The predicted molar refractivity (Wildman–Crippen MR) is 468 cm³/mol. The zero-order chi connectivity index (χ0) is 90.5. The van der Waals surface area contributed by atoms with Crippen molar-refractivity contribution in [3.05, 3.63) is 66.8 Å². The Morgan fingerprint density at radius 1 is 0.618 bits per heavy atom. The van der Waals surface area contributed by atoms with Crippen molar-refractivity contribution in [2.24, 2.45) is 4.74 Å². The largest absolute Gasteiger partial charge is 0.388 e. The highest BCUT2D eigenvalue weighted by Gasteiger charge is 2.52. The van der Waals surface area contributed by atoms with E-state index in [2.05, 4.69) is 44.8 Å². The first-order chi connectivity index (χ1) is 58.8. The van der Waals surface area contributed by atoms with E-state index in [1.54, 1.807) is 42.5 Å². The Hall–Kier alpha value is -3.69. The molecule has 692 valence electrons. The number of aromatic amines is 1. The summed E-state index contributed by atoms with van der Waals surface area (Å²) in [6.07, 6.45) is 11.9. The quantitative estimate of drug-likeness (QED) is 0.0172. The average molecular weight is 1790 g/mol. The molecule has 6 N–H and O–H groups in total. The molecule has 0 spiro atoms. The normalized spacial score (nSPS) is 36.3. The lowest BCUT2D eigenvalue weighted by Crippen LogP contribution is -2.42. The van der Waals surface area contributed by atoms with Crippen molar-refractivity contribution in [2.45, 2.75) is 406 Å². The molecule has 5 saturated carbocycles. The third-order valence-electron chi connectivity index (χ3n) is 24.2. The minimum absolute atomic E-state index is 0.0254. The lowest BCUT2D eigenvalue weighted by atomic mass is 9.92. The fourth-order valence-electron chi connectivity index (χ4n) is 17.4. The molecule has 33 nitrogen and oxygen atoms in total. The number of nitrogens with zero attached hydrogens (tertiary/aromatic N) is 6. The van der Waals surface area contributed by atoms with Gasteiger partial charge in [-0.3, -0.25) is 28.5 Å². The van der Waals surface area contributed by atoms with E-state index in [0.29, 0.717) is 43.6 Å². The Balaban J connectivity index is 0.000000206. The summed E-state index contributed by atoms with van der Waals surface area (Å²) in [6.45, 7) is 30.4. The number of hydrogen-bond donors (Lipinski definition) is 6. The van der Waals surface area contributed by atoms with Crippen LogP contribution in [0, 0.1) is 24.8 Å². The number of carbonyl (C=O) groups excluding carboxylic acids is 1. The van der Waals surface area contributed by atoms with Crippen molar-refractivity contribution in [3.63, 3.8) is 0 Å². The van der Waals surface area contributed by atoms with Crippen LogP contribution in [0.3, 0.4) is 0 Å². The highest BCUT2D eigenvalue weighted by atomic mass is 35.7. The first-order valence-electron chi connectivity index (χ1n) is 44.2. The number of aromatic nitrogens is 4. The summed E-state index contributed by atoms with van der Waals surface area (Å²) in [5.41, 5.74) is -0.817. The number of hydrogen-bond acceptors (Lipinski definition) is 28. The van der Waals surface area contributed by atoms with Crippen molar-refractivity contribution in [1.29, 1.82) is 5.26 Å². The summed E-state index contributed by atoms with van der Waals surface area (Å²) in [5, 5.41) is 52.4. The van der Waals surface area contributed by atoms with Gasteiger partial charge < -0.3 is 111 Å².